The first kappa shape index (κ1) is 20.6. The van der Waals surface area contributed by atoms with Crippen molar-refractivity contribution in [1.29, 1.82) is 0 Å². The summed E-state index contributed by atoms with van der Waals surface area (Å²) >= 11 is 0. The Hall–Kier alpha value is -3.63. The summed E-state index contributed by atoms with van der Waals surface area (Å²) in [4.78, 5) is 33.5. The van der Waals surface area contributed by atoms with E-state index in [9.17, 15) is 14.9 Å². The number of nitrogens with one attached hydrogen (secondary N) is 1. The minimum atomic E-state index is -0.493. The highest BCUT2D eigenvalue weighted by Crippen LogP contribution is 2.38. The van der Waals surface area contributed by atoms with Gasteiger partial charge < -0.3 is 24.4 Å². The van der Waals surface area contributed by atoms with Crippen LogP contribution in [0.15, 0.2) is 24.5 Å². The predicted molar refractivity (Wildman–Crippen MR) is 111 cm³/mol. The number of hydrogen-bond donors (Lipinski definition) is 1. The van der Waals surface area contributed by atoms with Crippen molar-refractivity contribution in [2.24, 2.45) is 5.92 Å². The van der Waals surface area contributed by atoms with Gasteiger partial charge in [0.15, 0.2) is 11.5 Å². The Morgan fingerprint density at radius 3 is 2.71 bits per heavy atom. The highest BCUT2D eigenvalue weighted by Gasteiger charge is 2.32. The second-order valence-corrected chi connectivity index (χ2v) is 7.15. The average molecular weight is 429 g/mol. The zero-order chi connectivity index (χ0) is 21.8. The first-order valence-electron chi connectivity index (χ1n) is 10.1. The Morgan fingerprint density at radius 2 is 2.00 bits per heavy atom. The number of rotatable bonds is 6. The first-order valence-corrected chi connectivity index (χ1v) is 10.1. The molecule has 0 atom stereocenters. The van der Waals surface area contributed by atoms with Gasteiger partial charge in [-0.15, -0.1) is 0 Å². The van der Waals surface area contributed by atoms with E-state index in [4.69, 9.17) is 14.2 Å². The number of nitrogens with zero attached hydrogens (tertiary/aromatic N) is 4. The molecule has 0 bridgehead atoms. The molecule has 3 heterocycles. The number of ether oxygens (including phenoxy) is 3. The molecular weight excluding hydrogens is 406 g/mol. The molecule has 0 spiro atoms. The largest absolute Gasteiger partial charge is 0.486 e. The molecule has 1 N–H and O–H groups in total. The number of aromatic nitrogens is 2. The second-order valence-electron chi connectivity index (χ2n) is 7.15. The van der Waals surface area contributed by atoms with Crippen LogP contribution in [-0.2, 0) is 9.53 Å². The normalized spacial score (nSPS) is 16.0. The maximum atomic E-state index is 12.0. The van der Waals surface area contributed by atoms with Gasteiger partial charge in [0.25, 0.3) is 0 Å². The molecule has 164 valence electrons. The molecule has 11 nitrogen and oxygen atoms in total. The SMILES string of the molecule is CCOC(=O)C1CCN(c2ncnc(Nc3ccc4c(c3)OCCO4)c2[N+](=O)[O-])CC1. The molecule has 0 unspecified atom stereocenters. The van der Waals surface area contributed by atoms with Crippen molar-refractivity contribution >= 4 is 29.0 Å². The van der Waals surface area contributed by atoms with Crippen LogP contribution in [0.25, 0.3) is 0 Å². The number of benzene rings is 1. The van der Waals surface area contributed by atoms with Gasteiger partial charge in [0.1, 0.15) is 19.5 Å². The summed E-state index contributed by atoms with van der Waals surface area (Å²) in [6.45, 7) is 3.96. The van der Waals surface area contributed by atoms with E-state index in [0.717, 1.165) is 0 Å². The number of fused-ring (bicyclic) bond motifs is 1. The van der Waals surface area contributed by atoms with Crippen molar-refractivity contribution in [1.82, 2.24) is 9.97 Å². The van der Waals surface area contributed by atoms with Crippen molar-refractivity contribution in [3.63, 3.8) is 0 Å². The zero-order valence-corrected chi connectivity index (χ0v) is 17.1. The summed E-state index contributed by atoms with van der Waals surface area (Å²) in [6, 6.07) is 5.19. The van der Waals surface area contributed by atoms with Crippen molar-refractivity contribution in [3.05, 3.63) is 34.6 Å². The molecule has 11 heteroatoms. The highest BCUT2D eigenvalue weighted by atomic mass is 16.6. The van der Waals surface area contributed by atoms with E-state index in [1.54, 1.807) is 25.1 Å². The number of piperidine rings is 1. The van der Waals surface area contributed by atoms with Crippen LogP contribution in [0.3, 0.4) is 0 Å². The van der Waals surface area contributed by atoms with Crippen LogP contribution in [0.1, 0.15) is 19.8 Å². The molecule has 0 radical (unpaired) electrons. The number of carbonyl (C=O) groups excluding carboxylic acids is 1. The van der Waals surface area contributed by atoms with Crippen molar-refractivity contribution in [2.45, 2.75) is 19.8 Å². The molecule has 2 aliphatic heterocycles. The summed E-state index contributed by atoms with van der Waals surface area (Å²) in [5.74, 6) is 1.07. The van der Waals surface area contributed by atoms with Gasteiger partial charge >= 0.3 is 11.7 Å². The van der Waals surface area contributed by atoms with Gasteiger partial charge in [-0.25, -0.2) is 9.97 Å². The van der Waals surface area contributed by atoms with Gasteiger partial charge in [-0.3, -0.25) is 14.9 Å². The van der Waals surface area contributed by atoms with E-state index < -0.39 is 4.92 Å². The van der Waals surface area contributed by atoms with Crippen LogP contribution in [0.2, 0.25) is 0 Å². The van der Waals surface area contributed by atoms with Crippen molar-refractivity contribution in [2.75, 3.05) is 43.1 Å². The fourth-order valence-electron chi connectivity index (χ4n) is 3.71. The monoisotopic (exact) mass is 429 g/mol. The molecule has 1 saturated heterocycles. The Bertz CT molecular complexity index is 977. The fourth-order valence-corrected chi connectivity index (χ4v) is 3.71. The van der Waals surface area contributed by atoms with Crippen LogP contribution >= 0.6 is 0 Å². The van der Waals surface area contributed by atoms with Crippen LogP contribution < -0.4 is 19.7 Å². The summed E-state index contributed by atoms with van der Waals surface area (Å²) in [5, 5.41) is 14.9. The third-order valence-corrected chi connectivity index (χ3v) is 5.20. The zero-order valence-electron chi connectivity index (χ0n) is 17.1. The molecule has 2 aromatic rings. The quantitative estimate of drug-likeness (QED) is 0.415. The fraction of sp³-hybridized carbons (Fsp3) is 0.450. The minimum absolute atomic E-state index is 0.0826. The predicted octanol–water partition coefficient (Wildman–Crippen LogP) is 2.68. The Labute approximate surface area is 178 Å². The Balaban J connectivity index is 1.55. The van der Waals surface area contributed by atoms with Gasteiger partial charge in [0, 0.05) is 24.8 Å². The van der Waals surface area contributed by atoms with E-state index in [1.807, 2.05) is 4.90 Å². The maximum Gasteiger partial charge on any atom is 0.353 e. The summed E-state index contributed by atoms with van der Waals surface area (Å²) in [6.07, 6.45) is 2.38. The highest BCUT2D eigenvalue weighted by molar-refractivity contribution is 5.76. The molecule has 31 heavy (non-hydrogen) atoms. The van der Waals surface area contributed by atoms with Crippen molar-refractivity contribution in [3.8, 4) is 11.5 Å². The molecule has 4 rings (SSSR count). The Kier molecular flexibility index (Phi) is 6.01. The Morgan fingerprint density at radius 1 is 1.26 bits per heavy atom. The number of hydrogen-bond acceptors (Lipinski definition) is 10. The van der Waals surface area contributed by atoms with Gasteiger partial charge in [-0.2, -0.15) is 0 Å². The van der Waals surface area contributed by atoms with Crippen LogP contribution in [-0.4, -0.2) is 53.8 Å². The lowest BCUT2D eigenvalue weighted by atomic mass is 9.97. The van der Waals surface area contributed by atoms with E-state index in [1.165, 1.54) is 6.33 Å². The molecule has 0 saturated carbocycles. The lowest BCUT2D eigenvalue weighted by Crippen LogP contribution is -2.37. The molecule has 0 amide bonds. The summed E-state index contributed by atoms with van der Waals surface area (Å²) in [5.41, 5.74) is 0.366. The van der Waals surface area contributed by atoms with Gasteiger partial charge in [-0.1, -0.05) is 0 Å². The minimum Gasteiger partial charge on any atom is -0.486 e. The smallest absolute Gasteiger partial charge is 0.353 e. The molecule has 1 aromatic carbocycles. The topological polar surface area (TPSA) is 129 Å². The summed E-state index contributed by atoms with van der Waals surface area (Å²) < 4.78 is 16.2. The van der Waals surface area contributed by atoms with Crippen LogP contribution in [0.4, 0.5) is 23.0 Å². The van der Waals surface area contributed by atoms with E-state index in [2.05, 4.69) is 15.3 Å². The van der Waals surface area contributed by atoms with E-state index in [-0.39, 0.29) is 29.2 Å². The summed E-state index contributed by atoms with van der Waals surface area (Å²) in [7, 11) is 0. The molecular formula is C20H23N5O6. The van der Waals surface area contributed by atoms with Gasteiger partial charge in [0.2, 0.25) is 11.6 Å². The number of esters is 1. The van der Waals surface area contributed by atoms with Gasteiger partial charge in [0.05, 0.1) is 17.4 Å². The van der Waals surface area contributed by atoms with Crippen LogP contribution in [0, 0.1) is 16.0 Å². The van der Waals surface area contributed by atoms with Gasteiger partial charge in [-0.05, 0) is 31.9 Å². The molecule has 2 aliphatic rings. The van der Waals surface area contributed by atoms with E-state index in [0.29, 0.717) is 62.9 Å². The molecule has 0 aliphatic carbocycles. The third kappa shape index (κ3) is 4.44. The number of anilines is 3. The number of carbonyl (C=O) groups is 1. The third-order valence-electron chi connectivity index (χ3n) is 5.20. The second kappa shape index (κ2) is 9.02. The first-order chi connectivity index (χ1) is 15.1. The average Bonchev–Trinajstić information content (AvgIpc) is 2.79. The lowest BCUT2D eigenvalue weighted by molar-refractivity contribution is -0.383. The van der Waals surface area contributed by atoms with Crippen LogP contribution in [0.5, 0.6) is 11.5 Å². The standard InChI is InChI=1S/C20H23N5O6/c1-2-29-20(26)13-5-7-24(8-6-13)19-17(25(27)28)18(21-12-22-19)23-14-3-4-15-16(11-14)31-10-9-30-15/h3-4,11-13H,2,5-10H2,1H3,(H,21,22,23). The molecule has 1 aromatic heterocycles. The maximum absolute atomic E-state index is 12.0. The van der Waals surface area contributed by atoms with Crippen molar-refractivity contribution < 1.29 is 23.9 Å². The van der Waals surface area contributed by atoms with E-state index >= 15 is 0 Å². The lowest BCUT2D eigenvalue weighted by Gasteiger charge is -2.31. The molecule has 1 fully saturated rings. The number of nitro groups is 1.